The molecule has 0 bridgehead atoms. The van der Waals surface area contributed by atoms with Crippen LogP contribution in [0.15, 0.2) is 72.8 Å². The first-order chi connectivity index (χ1) is 14.5. The lowest BCUT2D eigenvalue weighted by molar-refractivity contribution is 0.587. The Kier molecular flexibility index (Phi) is 7.96. The van der Waals surface area contributed by atoms with Crippen LogP contribution in [0.3, 0.4) is 0 Å². The first-order valence-electron chi connectivity index (χ1n) is 11.3. The molecule has 0 atom stereocenters. The summed E-state index contributed by atoms with van der Waals surface area (Å²) in [5.41, 5.74) is 7.41. The number of para-hydroxylation sites is 2. The van der Waals surface area contributed by atoms with Gasteiger partial charge in [-0.1, -0.05) is 64.1 Å². The molecule has 0 saturated heterocycles. The van der Waals surface area contributed by atoms with Gasteiger partial charge in [-0.3, -0.25) is 0 Å². The molecule has 0 amide bonds. The minimum absolute atomic E-state index is 0.715. The second-order valence-electron chi connectivity index (χ2n) is 9.01. The molecule has 0 aromatic heterocycles. The Labute approximate surface area is 182 Å². The van der Waals surface area contributed by atoms with Gasteiger partial charge in [0, 0.05) is 22.7 Å². The third-order valence-electron chi connectivity index (χ3n) is 5.46. The van der Waals surface area contributed by atoms with Crippen molar-refractivity contribution in [1.82, 2.24) is 0 Å². The number of anilines is 4. The van der Waals surface area contributed by atoms with Crippen LogP contribution in [0.2, 0.25) is 0 Å². The van der Waals surface area contributed by atoms with E-state index in [0.717, 1.165) is 24.2 Å². The molecule has 3 aromatic rings. The average molecular weight is 401 g/mol. The summed E-state index contributed by atoms with van der Waals surface area (Å²) in [5.74, 6) is 1.43. The largest absolute Gasteiger partial charge is 0.355 e. The summed E-state index contributed by atoms with van der Waals surface area (Å²) < 4.78 is 0. The highest BCUT2D eigenvalue weighted by molar-refractivity contribution is 5.68. The fraction of sp³-hybridized carbons (Fsp3) is 0.357. The van der Waals surface area contributed by atoms with Gasteiger partial charge in [0.1, 0.15) is 0 Å². The number of benzene rings is 3. The first-order valence-corrected chi connectivity index (χ1v) is 11.3. The van der Waals surface area contributed by atoms with E-state index in [-0.39, 0.29) is 0 Å². The molecule has 0 aliphatic heterocycles. The van der Waals surface area contributed by atoms with Crippen molar-refractivity contribution in [2.24, 2.45) is 11.8 Å². The molecule has 0 aliphatic rings. The Balaban J connectivity index is 1.67. The molecule has 0 spiro atoms. The number of aryl methyl sites for hydroxylation is 2. The van der Waals surface area contributed by atoms with Gasteiger partial charge in [0.15, 0.2) is 0 Å². The minimum Gasteiger partial charge on any atom is -0.355 e. The smallest absolute Gasteiger partial charge is 0.0416 e. The molecule has 0 radical (unpaired) electrons. The molecule has 2 heteroatoms. The van der Waals surface area contributed by atoms with Crippen molar-refractivity contribution in [3.63, 3.8) is 0 Å². The lowest BCUT2D eigenvalue weighted by Crippen LogP contribution is -2.00. The zero-order valence-corrected chi connectivity index (χ0v) is 18.9. The fourth-order valence-corrected chi connectivity index (χ4v) is 3.56. The summed E-state index contributed by atoms with van der Waals surface area (Å²) >= 11 is 0. The molecule has 2 nitrogen and oxygen atoms in total. The van der Waals surface area contributed by atoms with Gasteiger partial charge in [0.05, 0.1) is 0 Å². The monoisotopic (exact) mass is 400 g/mol. The van der Waals surface area contributed by atoms with Crippen molar-refractivity contribution in [3.05, 3.63) is 83.9 Å². The molecule has 3 aromatic carbocycles. The average Bonchev–Trinajstić information content (AvgIpc) is 2.74. The van der Waals surface area contributed by atoms with E-state index in [1.807, 2.05) is 0 Å². The standard InChI is InChI=1S/C28H36N2/c1-21(2)13-15-23-9-5-7-11-27(23)29-25-17-19-26(20-18-25)30-28-12-8-6-10-24(28)16-14-22(3)4/h5-12,17-22,29-30H,13-16H2,1-4H3. The molecular weight excluding hydrogens is 364 g/mol. The van der Waals surface area contributed by atoms with Crippen LogP contribution in [0.25, 0.3) is 0 Å². The van der Waals surface area contributed by atoms with E-state index in [1.165, 1.54) is 35.3 Å². The predicted molar refractivity (Wildman–Crippen MR) is 132 cm³/mol. The summed E-state index contributed by atoms with van der Waals surface area (Å²) in [5, 5.41) is 7.21. The fourth-order valence-electron chi connectivity index (χ4n) is 3.56. The number of nitrogens with one attached hydrogen (secondary N) is 2. The van der Waals surface area contributed by atoms with Crippen LogP contribution < -0.4 is 10.6 Å². The van der Waals surface area contributed by atoms with Gasteiger partial charge in [-0.25, -0.2) is 0 Å². The minimum atomic E-state index is 0.715. The van der Waals surface area contributed by atoms with Crippen molar-refractivity contribution in [3.8, 4) is 0 Å². The van der Waals surface area contributed by atoms with Gasteiger partial charge in [0.25, 0.3) is 0 Å². The van der Waals surface area contributed by atoms with Crippen LogP contribution in [0.1, 0.15) is 51.7 Å². The van der Waals surface area contributed by atoms with Crippen LogP contribution in [-0.2, 0) is 12.8 Å². The molecular formula is C28H36N2. The Morgan fingerprint density at radius 3 is 1.27 bits per heavy atom. The van der Waals surface area contributed by atoms with Crippen LogP contribution >= 0.6 is 0 Å². The van der Waals surface area contributed by atoms with Crippen molar-refractivity contribution >= 4 is 22.7 Å². The Hall–Kier alpha value is -2.74. The topological polar surface area (TPSA) is 24.1 Å². The van der Waals surface area contributed by atoms with Crippen molar-refractivity contribution in [2.45, 2.75) is 53.4 Å². The van der Waals surface area contributed by atoms with Gasteiger partial charge in [-0.15, -0.1) is 0 Å². The molecule has 0 aliphatic carbocycles. The maximum atomic E-state index is 3.60. The zero-order valence-electron chi connectivity index (χ0n) is 18.9. The maximum absolute atomic E-state index is 3.60. The Morgan fingerprint density at radius 1 is 0.533 bits per heavy atom. The summed E-state index contributed by atoms with van der Waals surface area (Å²) in [6, 6.07) is 25.9. The molecule has 0 fully saturated rings. The summed E-state index contributed by atoms with van der Waals surface area (Å²) in [6.45, 7) is 9.12. The van der Waals surface area contributed by atoms with E-state index in [1.54, 1.807) is 0 Å². The summed E-state index contributed by atoms with van der Waals surface area (Å²) in [4.78, 5) is 0. The van der Waals surface area contributed by atoms with E-state index in [9.17, 15) is 0 Å². The highest BCUT2D eigenvalue weighted by atomic mass is 14.9. The van der Waals surface area contributed by atoms with Crippen LogP contribution in [0.5, 0.6) is 0 Å². The molecule has 158 valence electrons. The third-order valence-corrected chi connectivity index (χ3v) is 5.46. The molecule has 0 unspecified atom stereocenters. The maximum Gasteiger partial charge on any atom is 0.0416 e. The molecule has 30 heavy (non-hydrogen) atoms. The van der Waals surface area contributed by atoms with Gasteiger partial charge in [-0.2, -0.15) is 0 Å². The van der Waals surface area contributed by atoms with Crippen LogP contribution in [-0.4, -0.2) is 0 Å². The van der Waals surface area contributed by atoms with Crippen LogP contribution in [0.4, 0.5) is 22.7 Å². The van der Waals surface area contributed by atoms with E-state index >= 15 is 0 Å². The highest BCUT2D eigenvalue weighted by Gasteiger charge is 2.06. The second-order valence-corrected chi connectivity index (χ2v) is 9.01. The summed E-state index contributed by atoms with van der Waals surface area (Å²) in [7, 11) is 0. The SMILES string of the molecule is CC(C)CCc1ccccc1Nc1ccc(Nc2ccccc2CCC(C)C)cc1. The van der Waals surface area contributed by atoms with Gasteiger partial charge >= 0.3 is 0 Å². The number of hydrogen-bond donors (Lipinski definition) is 2. The molecule has 2 N–H and O–H groups in total. The lowest BCUT2D eigenvalue weighted by Gasteiger charge is -2.15. The quantitative estimate of drug-likeness (QED) is 0.357. The molecule has 3 rings (SSSR count). The van der Waals surface area contributed by atoms with Gasteiger partial charge in [0.2, 0.25) is 0 Å². The number of rotatable bonds is 10. The van der Waals surface area contributed by atoms with E-state index in [0.29, 0.717) is 11.8 Å². The van der Waals surface area contributed by atoms with Crippen LogP contribution in [0, 0.1) is 11.8 Å². The van der Waals surface area contributed by atoms with Crippen molar-refractivity contribution in [2.75, 3.05) is 10.6 Å². The number of hydrogen-bond acceptors (Lipinski definition) is 2. The lowest BCUT2D eigenvalue weighted by atomic mass is 10.0. The van der Waals surface area contributed by atoms with Crippen molar-refractivity contribution in [1.29, 1.82) is 0 Å². The third kappa shape index (κ3) is 6.66. The molecule has 0 saturated carbocycles. The van der Waals surface area contributed by atoms with E-state index < -0.39 is 0 Å². The van der Waals surface area contributed by atoms with E-state index in [2.05, 4.69) is 111 Å². The first kappa shape index (κ1) is 22.0. The van der Waals surface area contributed by atoms with E-state index in [4.69, 9.17) is 0 Å². The highest BCUT2D eigenvalue weighted by Crippen LogP contribution is 2.27. The molecule has 0 heterocycles. The summed E-state index contributed by atoms with van der Waals surface area (Å²) in [6.07, 6.45) is 4.62. The Bertz CT molecular complexity index is 833. The van der Waals surface area contributed by atoms with Gasteiger partial charge in [-0.05, 0) is 85.0 Å². The zero-order chi connectivity index (χ0) is 21.3. The second kappa shape index (κ2) is 10.9. The Morgan fingerprint density at radius 2 is 0.900 bits per heavy atom. The normalized spacial score (nSPS) is 11.1. The van der Waals surface area contributed by atoms with Crippen molar-refractivity contribution < 1.29 is 0 Å². The predicted octanol–water partition coefficient (Wildman–Crippen LogP) is 8.35. The van der Waals surface area contributed by atoms with Gasteiger partial charge < -0.3 is 10.6 Å².